The number of anilines is 2. The molecule has 1 heterocycles. The second-order valence-corrected chi connectivity index (χ2v) is 3.92. The van der Waals surface area contributed by atoms with E-state index in [0.29, 0.717) is 0 Å². The van der Waals surface area contributed by atoms with Gasteiger partial charge in [-0.3, -0.25) is 4.79 Å². The lowest BCUT2D eigenvalue weighted by molar-refractivity contribution is -0.118. The van der Waals surface area contributed by atoms with E-state index in [9.17, 15) is 4.79 Å². The lowest BCUT2D eigenvalue weighted by Gasteiger charge is -2.21. The SMILES string of the molecule is O=C(CO)Nc1ccccc1N1CCCC1. The van der Waals surface area contributed by atoms with Gasteiger partial charge in [-0.2, -0.15) is 0 Å². The van der Waals surface area contributed by atoms with E-state index in [2.05, 4.69) is 10.2 Å². The van der Waals surface area contributed by atoms with Crippen LogP contribution in [-0.2, 0) is 4.79 Å². The molecule has 1 amide bonds. The number of rotatable bonds is 3. The Bertz CT molecular complexity index is 373. The smallest absolute Gasteiger partial charge is 0.250 e. The number of aliphatic hydroxyl groups is 1. The van der Waals surface area contributed by atoms with Crippen LogP contribution in [0.3, 0.4) is 0 Å². The van der Waals surface area contributed by atoms with Crippen LogP contribution in [0.25, 0.3) is 0 Å². The average Bonchev–Trinajstić information content (AvgIpc) is 2.83. The zero-order valence-corrected chi connectivity index (χ0v) is 9.15. The maximum Gasteiger partial charge on any atom is 0.250 e. The van der Waals surface area contributed by atoms with Crippen molar-refractivity contribution in [2.45, 2.75) is 12.8 Å². The van der Waals surface area contributed by atoms with E-state index in [4.69, 9.17) is 5.11 Å². The number of hydrogen-bond donors (Lipinski definition) is 2. The average molecular weight is 220 g/mol. The third-order valence-electron chi connectivity index (χ3n) is 2.77. The Hall–Kier alpha value is -1.55. The minimum absolute atomic E-state index is 0.369. The van der Waals surface area contributed by atoms with Crippen molar-refractivity contribution in [3.05, 3.63) is 24.3 Å². The highest BCUT2D eigenvalue weighted by molar-refractivity contribution is 5.95. The van der Waals surface area contributed by atoms with Gasteiger partial charge in [0, 0.05) is 13.1 Å². The number of nitrogens with one attached hydrogen (secondary N) is 1. The lowest BCUT2D eigenvalue weighted by Crippen LogP contribution is -2.22. The highest BCUT2D eigenvalue weighted by atomic mass is 16.3. The Balaban J connectivity index is 2.19. The van der Waals surface area contributed by atoms with Crippen LogP contribution in [-0.4, -0.2) is 30.7 Å². The topological polar surface area (TPSA) is 52.6 Å². The Morgan fingerprint density at radius 1 is 1.31 bits per heavy atom. The van der Waals surface area contributed by atoms with E-state index >= 15 is 0 Å². The number of nitrogens with zero attached hydrogens (tertiary/aromatic N) is 1. The molecular weight excluding hydrogens is 204 g/mol. The summed E-state index contributed by atoms with van der Waals surface area (Å²) in [6.45, 7) is 1.59. The lowest BCUT2D eigenvalue weighted by atomic mass is 10.2. The van der Waals surface area contributed by atoms with E-state index in [0.717, 1.165) is 24.5 Å². The Labute approximate surface area is 94.9 Å². The van der Waals surface area contributed by atoms with Gasteiger partial charge in [0.05, 0.1) is 11.4 Å². The molecule has 1 aromatic carbocycles. The summed E-state index contributed by atoms with van der Waals surface area (Å²) in [6, 6.07) is 7.70. The van der Waals surface area contributed by atoms with Gasteiger partial charge in [0.2, 0.25) is 5.91 Å². The molecule has 86 valence electrons. The van der Waals surface area contributed by atoms with Crippen molar-refractivity contribution in [1.29, 1.82) is 0 Å². The Morgan fingerprint density at radius 3 is 2.69 bits per heavy atom. The van der Waals surface area contributed by atoms with Crippen molar-refractivity contribution in [2.75, 3.05) is 29.9 Å². The number of aliphatic hydroxyl groups excluding tert-OH is 1. The number of benzene rings is 1. The molecule has 0 atom stereocenters. The van der Waals surface area contributed by atoms with Gasteiger partial charge in [0.1, 0.15) is 6.61 Å². The van der Waals surface area contributed by atoms with E-state index in [1.807, 2.05) is 24.3 Å². The van der Waals surface area contributed by atoms with Crippen molar-refractivity contribution >= 4 is 17.3 Å². The minimum atomic E-state index is -0.478. The van der Waals surface area contributed by atoms with Crippen molar-refractivity contribution in [2.24, 2.45) is 0 Å². The number of amides is 1. The number of carbonyl (C=O) groups excluding carboxylic acids is 1. The van der Waals surface area contributed by atoms with Crippen LogP contribution in [0.15, 0.2) is 24.3 Å². The minimum Gasteiger partial charge on any atom is -0.387 e. The first-order valence-electron chi connectivity index (χ1n) is 5.56. The van der Waals surface area contributed by atoms with Gasteiger partial charge in [-0.1, -0.05) is 12.1 Å². The highest BCUT2D eigenvalue weighted by Crippen LogP contribution is 2.28. The number of para-hydroxylation sites is 2. The monoisotopic (exact) mass is 220 g/mol. The summed E-state index contributed by atoms with van der Waals surface area (Å²) in [5.74, 6) is -0.369. The maximum atomic E-state index is 11.2. The molecule has 1 aliphatic heterocycles. The van der Waals surface area contributed by atoms with Crippen molar-refractivity contribution in [3.63, 3.8) is 0 Å². The first kappa shape index (κ1) is 11.0. The molecule has 0 radical (unpaired) electrons. The van der Waals surface area contributed by atoms with Crippen LogP contribution in [0, 0.1) is 0 Å². The molecule has 1 saturated heterocycles. The molecule has 1 fully saturated rings. The molecule has 1 aliphatic rings. The van der Waals surface area contributed by atoms with Crippen LogP contribution in [0.5, 0.6) is 0 Å². The van der Waals surface area contributed by atoms with Crippen molar-refractivity contribution in [1.82, 2.24) is 0 Å². The molecule has 0 saturated carbocycles. The molecule has 1 aromatic rings. The second kappa shape index (κ2) is 4.99. The third kappa shape index (κ3) is 2.33. The highest BCUT2D eigenvalue weighted by Gasteiger charge is 2.15. The summed E-state index contributed by atoms with van der Waals surface area (Å²) in [4.78, 5) is 13.4. The number of carbonyl (C=O) groups is 1. The largest absolute Gasteiger partial charge is 0.387 e. The van der Waals surface area contributed by atoms with E-state index in [-0.39, 0.29) is 5.91 Å². The zero-order valence-electron chi connectivity index (χ0n) is 9.15. The molecule has 0 bridgehead atoms. The van der Waals surface area contributed by atoms with Gasteiger partial charge in [-0.05, 0) is 25.0 Å². The van der Waals surface area contributed by atoms with E-state index in [1.165, 1.54) is 12.8 Å². The Kier molecular flexibility index (Phi) is 3.41. The molecular formula is C12H16N2O2. The third-order valence-corrected chi connectivity index (χ3v) is 2.77. The molecule has 0 aliphatic carbocycles. The van der Waals surface area contributed by atoms with Crippen LogP contribution >= 0.6 is 0 Å². The molecule has 4 heteroatoms. The summed E-state index contributed by atoms with van der Waals surface area (Å²) in [5, 5.41) is 11.4. The van der Waals surface area contributed by atoms with Gasteiger partial charge in [-0.25, -0.2) is 0 Å². The first-order chi connectivity index (χ1) is 7.81. The van der Waals surface area contributed by atoms with E-state index in [1.54, 1.807) is 0 Å². The van der Waals surface area contributed by atoms with Crippen LogP contribution in [0.1, 0.15) is 12.8 Å². The maximum absolute atomic E-state index is 11.2. The molecule has 4 nitrogen and oxygen atoms in total. The van der Waals surface area contributed by atoms with Crippen molar-refractivity contribution in [3.8, 4) is 0 Å². The van der Waals surface area contributed by atoms with Crippen molar-refractivity contribution < 1.29 is 9.90 Å². The predicted molar refractivity (Wildman–Crippen MR) is 63.6 cm³/mol. The van der Waals surface area contributed by atoms with Crippen LogP contribution in [0.2, 0.25) is 0 Å². The Morgan fingerprint density at radius 2 is 2.00 bits per heavy atom. The first-order valence-corrected chi connectivity index (χ1v) is 5.56. The predicted octanol–water partition coefficient (Wildman–Crippen LogP) is 1.22. The fraction of sp³-hybridized carbons (Fsp3) is 0.417. The standard InChI is InChI=1S/C12H16N2O2/c15-9-12(16)13-10-5-1-2-6-11(10)14-7-3-4-8-14/h1-2,5-6,15H,3-4,7-9H2,(H,13,16). The summed E-state index contributed by atoms with van der Waals surface area (Å²) >= 11 is 0. The quantitative estimate of drug-likeness (QED) is 0.805. The summed E-state index contributed by atoms with van der Waals surface area (Å²) in [7, 11) is 0. The van der Waals surface area contributed by atoms with Gasteiger partial charge in [0.15, 0.2) is 0 Å². The fourth-order valence-electron chi connectivity index (χ4n) is 2.00. The molecule has 0 spiro atoms. The molecule has 0 aromatic heterocycles. The summed E-state index contributed by atoms with van der Waals surface area (Å²) in [6.07, 6.45) is 2.39. The van der Waals surface area contributed by atoms with Crippen LogP contribution in [0.4, 0.5) is 11.4 Å². The van der Waals surface area contributed by atoms with Gasteiger partial charge in [-0.15, -0.1) is 0 Å². The number of hydrogen-bond acceptors (Lipinski definition) is 3. The van der Waals surface area contributed by atoms with E-state index < -0.39 is 6.61 Å². The van der Waals surface area contributed by atoms with Gasteiger partial charge >= 0.3 is 0 Å². The normalized spacial score (nSPS) is 15.2. The second-order valence-electron chi connectivity index (χ2n) is 3.92. The molecule has 2 rings (SSSR count). The molecule has 2 N–H and O–H groups in total. The zero-order chi connectivity index (χ0) is 11.4. The molecule has 0 unspecified atom stereocenters. The molecule has 16 heavy (non-hydrogen) atoms. The van der Waals surface area contributed by atoms with Crippen LogP contribution < -0.4 is 10.2 Å². The fourth-order valence-corrected chi connectivity index (χ4v) is 2.00. The summed E-state index contributed by atoms with van der Waals surface area (Å²) < 4.78 is 0. The van der Waals surface area contributed by atoms with Gasteiger partial charge in [0.25, 0.3) is 0 Å². The summed E-state index contributed by atoms with van der Waals surface area (Å²) in [5.41, 5.74) is 1.82. The van der Waals surface area contributed by atoms with Gasteiger partial charge < -0.3 is 15.3 Å².